The van der Waals surface area contributed by atoms with Crippen LogP contribution in [0.5, 0.6) is 0 Å². The molecule has 0 saturated carbocycles. The molecule has 0 atom stereocenters. The maximum atomic E-state index is 12.3. The summed E-state index contributed by atoms with van der Waals surface area (Å²) in [4.78, 5) is 3.58. The van der Waals surface area contributed by atoms with Crippen LogP contribution in [0, 0.1) is 17.1 Å². The van der Waals surface area contributed by atoms with Gasteiger partial charge in [-0.25, -0.2) is 4.39 Å². The van der Waals surface area contributed by atoms with E-state index >= 15 is 0 Å². The van der Waals surface area contributed by atoms with E-state index in [1.54, 1.807) is 0 Å². The average molecular weight is 196 g/mol. The standard InChI is InChI=1S/C7H5FN2.2C2H6/c8-7-3-6(1-2-9)4-10-5-7;2*1-2/h3-5H,1H2;2*1-2H3. The van der Waals surface area contributed by atoms with E-state index in [-0.39, 0.29) is 6.42 Å². The molecule has 1 aromatic heterocycles. The Bertz CT molecular complexity index is 266. The van der Waals surface area contributed by atoms with Crippen LogP contribution in [-0.2, 0) is 6.42 Å². The molecule has 0 spiro atoms. The van der Waals surface area contributed by atoms with Crippen LogP contribution in [-0.4, -0.2) is 4.98 Å². The molecule has 1 heterocycles. The molecule has 0 unspecified atom stereocenters. The van der Waals surface area contributed by atoms with Crippen molar-refractivity contribution in [1.29, 1.82) is 5.26 Å². The van der Waals surface area contributed by atoms with Crippen molar-refractivity contribution >= 4 is 0 Å². The van der Waals surface area contributed by atoms with E-state index in [4.69, 9.17) is 5.26 Å². The molecule has 0 aromatic carbocycles. The fourth-order valence-corrected chi connectivity index (χ4v) is 0.644. The Morgan fingerprint density at radius 1 is 1.29 bits per heavy atom. The van der Waals surface area contributed by atoms with Gasteiger partial charge in [-0.15, -0.1) is 0 Å². The lowest BCUT2D eigenvalue weighted by atomic mass is 10.2. The average Bonchev–Trinajstić information content (AvgIpc) is 2.24. The molecule has 0 aliphatic carbocycles. The van der Waals surface area contributed by atoms with Crippen molar-refractivity contribution in [2.45, 2.75) is 34.1 Å². The van der Waals surface area contributed by atoms with Gasteiger partial charge in [-0.05, 0) is 11.6 Å². The number of hydrogen-bond acceptors (Lipinski definition) is 2. The van der Waals surface area contributed by atoms with Crippen molar-refractivity contribution < 1.29 is 4.39 Å². The summed E-state index contributed by atoms with van der Waals surface area (Å²) in [7, 11) is 0. The number of halogens is 1. The second-order valence-electron chi connectivity index (χ2n) is 1.85. The maximum Gasteiger partial charge on any atom is 0.141 e. The zero-order valence-corrected chi connectivity index (χ0v) is 9.21. The summed E-state index contributed by atoms with van der Waals surface area (Å²) in [5, 5.41) is 8.21. The molecule has 14 heavy (non-hydrogen) atoms. The van der Waals surface area contributed by atoms with Crippen molar-refractivity contribution in [2.75, 3.05) is 0 Å². The normalized spacial score (nSPS) is 7.14. The van der Waals surface area contributed by atoms with E-state index in [0.717, 1.165) is 6.20 Å². The third-order valence-corrected chi connectivity index (χ3v) is 1.04. The lowest BCUT2D eigenvalue weighted by Crippen LogP contribution is -1.84. The van der Waals surface area contributed by atoms with Gasteiger partial charge in [0.25, 0.3) is 0 Å². The summed E-state index contributed by atoms with van der Waals surface area (Å²) in [5.41, 5.74) is 0.613. The highest BCUT2D eigenvalue weighted by molar-refractivity contribution is 5.13. The largest absolute Gasteiger partial charge is 0.261 e. The molecule has 0 radical (unpaired) electrons. The predicted molar refractivity (Wildman–Crippen MR) is 56.2 cm³/mol. The van der Waals surface area contributed by atoms with Gasteiger partial charge in [-0.1, -0.05) is 27.7 Å². The molecule has 0 bridgehead atoms. The molecular formula is C11H17FN2. The van der Waals surface area contributed by atoms with Crippen molar-refractivity contribution in [2.24, 2.45) is 0 Å². The Hall–Kier alpha value is -1.43. The number of rotatable bonds is 1. The lowest BCUT2D eigenvalue weighted by molar-refractivity contribution is 0.619. The third kappa shape index (κ3) is 7.23. The van der Waals surface area contributed by atoms with Gasteiger partial charge in [0, 0.05) is 6.20 Å². The number of aromatic nitrogens is 1. The molecule has 1 rings (SSSR count). The summed E-state index contributed by atoms with van der Waals surface area (Å²) >= 11 is 0. The van der Waals surface area contributed by atoms with Crippen LogP contribution in [0.1, 0.15) is 33.3 Å². The van der Waals surface area contributed by atoms with E-state index in [9.17, 15) is 4.39 Å². The first-order chi connectivity index (χ1) is 6.83. The van der Waals surface area contributed by atoms with Gasteiger partial charge in [0.05, 0.1) is 18.7 Å². The Balaban J connectivity index is 0. The molecule has 3 heteroatoms. The number of hydrogen-bond donors (Lipinski definition) is 0. The summed E-state index contributed by atoms with van der Waals surface area (Å²) < 4.78 is 12.3. The molecule has 0 aliphatic heterocycles. The van der Waals surface area contributed by atoms with Gasteiger partial charge in [0.2, 0.25) is 0 Å². The van der Waals surface area contributed by atoms with Crippen LogP contribution >= 0.6 is 0 Å². The molecule has 1 aromatic rings. The quantitative estimate of drug-likeness (QED) is 0.690. The Morgan fingerprint density at radius 3 is 2.29 bits per heavy atom. The zero-order valence-electron chi connectivity index (χ0n) is 9.21. The molecule has 0 aliphatic rings. The maximum absolute atomic E-state index is 12.3. The summed E-state index contributed by atoms with van der Waals surface area (Å²) in [5.74, 6) is -0.396. The van der Waals surface area contributed by atoms with Gasteiger partial charge in [-0.2, -0.15) is 5.26 Å². The highest BCUT2D eigenvalue weighted by atomic mass is 19.1. The van der Waals surface area contributed by atoms with Crippen molar-refractivity contribution in [1.82, 2.24) is 4.98 Å². The SMILES string of the molecule is CC.CC.N#CCc1cncc(F)c1. The minimum absolute atomic E-state index is 0.213. The molecule has 2 nitrogen and oxygen atoms in total. The Kier molecular flexibility index (Phi) is 12.4. The van der Waals surface area contributed by atoms with E-state index in [1.807, 2.05) is 33.8 Å². The molecule has 0 N–H and O–H groups in total. The molecule has 78 valence electrons. The lowest BCUT2D eigenvalue weighted by Gasteiger charge is -1.90. The first-order valence-corrected chi connectivity index (χ1v) is 4.79. The Morgan fingerprint density at radius 2 is 1.86 bits per heavy atom. The molecule has 0 fully saturated rings. The zero-order chi connectivity index (χ0) is 11.4. The second kappa shape index (κ2) is 11.6. The molecular weight excluding hydrogens is 179 g/mol. The molecule has 0 amide bonds. The highest BCUT2D eigenvalue weighted by Crippen LogP contribution is 1.99. The molecule has 0 saturated heterocycles. The second-order valence-corrected chi connectivity index (χ2v) is 1.85. The van der Waals surface area contributed by atoms with Crippen LogP contribution in [0.15, 0.2) is 18.5 Å². The van der Waals surface area contributed by atoms with E-state index < -0.39 is 5.82 Å². The summed E-state index contributed by atoms with van der Waals surface area (Å²) in [6.45, 7) is 8.00. The van der Waals surface area contributed by atoms with E-state index in [1.165, 1.54) is 12.3 Å². The van der Waals surface area contributed by atoms with E-state index in [0.29, 0.717) is 5.56 Å². The van der Waals surface area contributed by atoms with Gasteiger partial charge in [0.15, 0.2) is 0 Å². The van der Waals surface area contributed by atoms with Crippen LogP contribution < -0.4 is 0 Å². The summed E-state index contributed by atoms with van der Waals surface area (Å²) in [6, 6.07) is 3.21. The van der Waals surface area contributed by atoms with Crippen LogP contribution in [0.3, 0.4) is 0 Å². The fourth-order valence-electron chi connectivity index (χ4n) is 0.644. The topological polar surface area (TPSA) is 36.7 Å². The minimum atomic E-state index is -0.396. The predicted octanol–water partition coefficient (Wildman–Crippen LogP) is 3.34. The van der Waals surface area contributed by atoms with Crippen molar-refractivity contribution in [3.63, 3.8) is 0 Å². The van der Waals surface area contributed by atoms with Gasteiger partial charge >= 0.3 is 0 Å². The minimum Gasteiger partial charge on any atom is -0.261 e. The van der Waals surface area contributed by atoms with Crippen molar-refractivity contribution in [3.05, 3.63) is 29.8 Å². The first kappa shape index (κ1) is 15.1. The van der Waals surface area contributed by atoms with E-state index in [2.05, 4.69) is 4.98 Å². The highest BCUT2D eigenvalue weighted by Gasteiger charge is 1.92. The van der Waals surface area contributed by atoms with Crippen LogP contribution in [0.25, 0.3) is 0 Å². The fraction of sp³-hybridized carbons (Fsp3) is 0.455. The smallest absolute Gasteiger partial charge is 0.141 e. The van der Waals surface area contributed by atoms with Gasteiger partial charge in [-0.3, -0.25) is 4.98 Å². The van der Waals surface area contributed by atoms with Gasteiger partial charge < -0.3 is 0 Å². The number of nitrogens with zero attached hydrogens (tertiary/aromatic N) is 2. The number of nitriles is 1. The summed E-state index contributed by atoms with van der Waals surface area (Å²) in [6.07, 6.45) is 2.80. The van der Waals surface area contributed by atoms with Crippen molar-refractivity contribution in [3.8, 4) is 6.07 Å². The monoisotopic (exact) mass is 196 g/mol. The number of pyridine rings is 1. The van der Waals surface area contributed by atoms with Gasteiger partial charge in [0.1, 0.15) is 5.82 Å². The van der Waals surface area contributed by atoms with Crippen LogP contribution in [0.4, 0.5) is 4.39 Å². The Labute approximate surface area is 85.4 Å². The van der Waals surface area contributed by atoms with Crippen LogP contribution in [0.2, 0.25) is 0 Å². The first-order valence-electron chi connectivity index (χ1n) is 4.79. The third-order valence-electron chi connectivity index (χ3n) is 1.04.